The fourth-order valence-electron chi connectivity index (χ4n) is 3.97. The molecular weight excluding hydrogens is 468 g/mol. The van der Waals surface area contributed by atoms with E-state index in [0.29, 0.717) is 17.2 Å². The van der Waals surface area contributed by atoms with Crippen LogP contribution in [0.15, 0.2) is 97.1 Å². The Bertz CT molecular complexity index is 1280. The Morgan fingerprint density at radius 3 is 2.25 bits per heavy atom. The van der Waals surface area contributed by atoms with Gasteiger partial charge in [0.2, 0.25) is 0 Å². The lowest BCUT2D eigenvalue weighted by Gasteiger charge is -2.11. The van der Waals surface area contributed by atoms with Gasteiger partial charge in [0.25, 0.3) is 0 Å². The Morgan fingerprint density at radius 1 is 0.806 bits per heavy atom. The zero-order chi connectivity index (χ0) is 25.3. The summed E-state index contributed by atoms with van der Waals surface area (Å²) in [6.45, 7) is 3.94. The maximum atomic E-state index is 11.9. The number of hydrogen-bond acceptors (Lipinski definition) is 3. The van der Waals surface area contributed by atoms with Crippen molar-refractivity contribution in [1.82, 2.24) is 0 Å². The van der Waals surface area contributed by atoms with Crippen LogP contribution in [0.1, 0.15) is 38.7 Å². The summed E-state index contributed by atoms with van der Waals surface area (Å²) < 4.78 is 11.4. The Kier molecular flexibility index (Phi) is 8.80. The van der Waals surface area contributed by atoms with Crippen LogP contribution in [0.3, 0.4) is 0 Å². The van der Waals surface area contributed by atoms with Crippen LogP contribution in [0, 0.1) is 0 Å². The predicted molar refractivity (Wildman–Crippen MR) is 148 cm³/mol. The molecule has 3 nitrogen and oxygen atoms in total. The quantitative estimate of drug-likeness (QED) is 0.204. The van der Waals surface area contributed by atoms with Crippen LogP contribution >= 0.6 is 11.6 Å². The second-order valence-corrected chi connectivity index (χ2v) is 9.30. The third kappa shape index (κ3) is 6.99. The number of esters is 1. The van der Waals surface area contributed by atoms with Crippen LogP contribution in [-0.4, -0.2) is 12.1 Å². The number of halogens is 1. The molecule has 4 aromatic rings. The van der Waals surface area contributed by atoms with Crippen LogP contribution in [0.25, 0.3) is 22.3 Å². The molecule has 0 spiro atoms. The van der Waals surface area contributed by atoms with Crippen molar-refractivity contribution in [3.05, 3.63) is 108 Å². The molecular formula is C32H31ClO3. The topological polar surface area (TPSA) is 35.5 Å². The average Bonchev–Trinajstić information content (AvgIpc) is 2.90. The highest BCUT2D eigenvalue weighted by atomic mass is 35.5. The fourth-order valence-corrected chi connectivity index (χ4v) is 4.25. The van der Waals surface area contributed by atoms with E-state index in [1.165, 1.54) is 5.56 Å². The van der Waals surface area contributed by atoms with Crippen LogP contribution in [0.2, 0.25) is 5.02 Å². The molecule has 0 radical (unpaired) electrons. The van der Waals surface area contributed by atoms with Crippen molar-refractivity contribution in [3.8, 4) is 33.8 Å². The van der Waals surface area contributed by atoms with E-state index in [9.17, 15) is 4.79 Å². The smallest absolute Gasteiger partial charge is 0.306 e. The molecule has 4 aromatic carbocycles. The van der Waals surface area contributed by atoms with E-state index in [0.717, 1.165) is 47.3 Å². The second-order valence-electron chi connectivity index (χ2n) is 8.90. The lowest BCUT2D eigenvalue weighted by atomic mass is 10.0. The summed E-state index contributed by atoms with van der Waals surface area (Å²) in [5.41, 5.74) is 5.51. The highest BCUT2D eigenvalue weighted by Gasteiger charge is 2.09. The monoisotopic (exact) mass is 498 g/mol. The van der Waals surface area contributed by atoms with Gasteiger partial charge in [-0.25, -0.2) is 0 Å². The van der Waals surface area contributed by atoms with Gasteiger partial charge in [-0.3, -0.25) is 4.79 Å². The highest BCUT2D eigenvalue weighted by Crippen LogP contribution is 2.33. The van der Waals surface area contributed by atoms with Gasteiger partial charge in [-0.05, 0) is 72.7 Å². The largest absolute Gasteiger partial charge is 0.463 e. The second kappa shape index (κ2) is 12.4. The Labute approximate surface area is 218 Å². The molecule has 0 aliphatic carbocycles. The van der Waals surface area contributed by atoms with Crippen LogP contribution in [0.5, 0.6) is 11.5 Å². The van der Waals surface area contributed by atoms with Crippen molar-refractivity contribution >= 4 is 17.6 Å². The molecule has 36 heavy (non-hydrogen) atoms. The zero-order valence-electron chi connectivity index (χ0n) is 20.7. The maximum Gasteiger partial charge on any atom is 0.306 e. The first-order valence-corrected chi connectivity index (χ1v) is 12.8. The van der Waals surface area contributed by atoms with Gasteiger partial charge in [0.15, 0.2) is 0 Å². The van der Waals surface area contributed by atoms with Crippen LogP contribution < -0.4 is 4.74 Å². The molecule has 0 saturated heterocycles. The van der Waals surface area contributed by atoms with Crippen molar-refractivity contribution in [1.29, 1.82) is 0 Å². The van der Waals surface area contributed by atoms with Gasteiger partial charge >= 0.3 is 5.97 Å². The van der Waals surface area contributed by atoms with Crippen molar-refractivity contribution in [2.24, 2.45) is 0 Å². The van der Waals surface area contributed by atoms with Crippen molar-refractivity contribution in [2.45, 2.75) is 45.6 Å². The lowest BCUT2D eigenvalue weighted by Crippen LogP contribution is -2.13. The van der Waals surface area contributed by atoms with Crippen molar-refractivity contribution < 1.29 is 14.3 Å². The molecule has 0 aromatic heterocycles. The Morgan fingerprint density at radius 2 is 1.53 bits per heavy atom. The van der Waals surface area contributed by atoms with Crippen LogP contribution in [0.4, 0.5) is 0 Å². The van der Waals surface area contributed by atoms with E-state index in [4.69, 9.17) is 21.1 Å². The van der Waals surface area contributed by atoms with Crippen LogP contribution in [-0.2, 0) is 16.0 Å². The Hall–Kier alpha value is -3.56. The molecule has 0 amide bonds. The lowest BCUT2D eigenvalue weighted by molar-refractivity contribution is -0.148. The summed E-state index contributed by atoms with van der Waals surface area (Å²) in [5.74, 6) is 1.33. The number of carbonyl (C=O) groups excluding carboxylic acids is 1. The van der Waals surface area contributed by atoms with Gasteiger partial charge in [0.1, 0.15) is 11.5 Å². The molecule has 4 rings (SSSR count). The summed E-state index contributed by atoms with van der Waals surface area (Å²) in [6.07, 6.45) is 2.88. The van der Waals surface area contributed by atoms with Gasteiger partial charge in [0.05, 0.1) is 11.1 Å². The molecule has 0 aliphatic heterocycles. The van der Waals surface area contributed by atoms with Gasteiger partial charge in [0, 0.05) is 18.1 Å². The van der Waals surface area contributed by atoms with Gasteiger partial charge in [-0.1, -0.05) is 85.3 Å². The summed E-state index contributed by atoms with van der Waals surface area (Å²) >= 11 is 6.53. The minimum Gasteiger partial charge on any atom is -0.463 e. The van der Waals surface area contributed by atoms with E-state index >= 15 is 0 Å². The molecule has 0 fully saturated rings. The minimum absolute atomic E-state index is 0.0154. The number of aryl methyl sites for hydroxylation is 1. The molecule has 0 bridgehead atoms. The number of rotatable bonds is 10. The first-order valence-electron chi connectivity index (χ1n) is 12.4. The first-order chi connectivity index (χ1) is 17.5. The SMILES string of the molecule is CCC(C)OC(=O)CCCc1cccc(-c2ccc(Oc3ccc(-c4ccccc4)c(Cl)c3)cc2)c1. The molecule has 0 N–H and O–H groups in total. The Balaban J connectivity index is 1.36. The summed E-state index contributed by atoms with van der Waals surface area (Å²) in [4.78, 5) is 11.9. The van der Waals surface area contributed by atoms with E-state index < -0.39 is 0 Å². The molecule has 0 heterocycles. The summed E-state index contributed by atoms with van der Waals surface area (Å²) in [6, 6.07) is 32.3. The van der Waals surface area contributed by atoms with E-state index in [-0.39, 0.29) is 12.1 Å². The molecule has 1 unspecified atom stereocenters. The van der Waals surface area contributed by atoms with Gasteiger partial charge < -0.3 is 9.47 Å². The first kappa shape index (κ1) is 25.5. The van der Waals surface area contributed by atoms with Crippen molar-refractivity contribution in [3.63, 3.8) is 0 Å². The summed E-state index contributed by atoms with van der Waals surface area (Å²) in [5, 5.41) is 0.653. The molecule has 1 atom stereocenters. The predicted octanol–water partition coefficient (Wildman–Crippen LogP) is 9.13. The molecule has 0 saturated carbocycles. The molecule has 0 aliphatic rings. The van der Waals surface area contributed by atoms with E-state index in [1.807, 2.05) is 74.5 Å². The third-order valence-corrected chi connectivity index (χ3v) is 6.44. The maximum absolute atomic E-state index is 11.9. The number of benzene rings is 4. The summed E-state index contributed by atoms with van der Waals surface area (Å²) in [7, 11) is 0. The normalized spacial score (nSPS) is 11.6. The number of ether oxygens (including phenoxy) is 2. The number of carbonyl (C=O) groups is 1. The van der Waals surface area contributed by atoms with Gasteiger partial charge in [-0.15, -0.1) is 0 Å². The van der Waals surface area contributed by atoms with E-state index in [2.05, 4.69) is 36.4 Å². The highest BCUT2D eigenvalue weighted by molar-refractivity contribution is 6.33. The fraction of sp³-hybridized carbons (Fsp3) is 0.219. The molecule has 4 heteroatoms. The number of hydrogen-bond donors (Lipinski definition) is 0. The molecule has 184 valence electrons. The van der Waals surface area contributed by atoms with Gasteiger partial charge in [-0.2, -0.15) is 0 Å². The van der Waals surface area contributed by atoms with Crippen molar-refractivity contribution in [2.75, 3.05) is 0 Å². The third-order valence-electron chi connectivity index (χ3n) is 6.13. The standard InChI is InChI=1S/C32H31ClO3/c1-3-23(2)35-32(34)14-8-10-24-9-7-13-27(21-24)25-15-17-28(18-16-25)36-29-19-20-30(31(33)22-29)26-11-5-4-6-12-26/h4-7,9,11-13,15-23H,3,8,10,14H2,1-2H3. The minimum atomic E-state index is -0.118. The zero-order valence-corrected chi connectivity index (χ0v) is 21.5. The average molecular weight is 499 g/mol. The van der Waals surface area contributed by atoms with E-state index in [1.54, 1.807) is 0 Å².